The molecule has 130 valence electrons. The van der Waals surface area contributed by atoms with E-state index in [2.05, 4.69) is 12.2 Å². The van der Waals surface area contributed by atoms with Crippen molar-refractivity contribution >= 4 is 5.91 Å². The maximum Gasteiger partial charge on any atom is 0.263 e. The normalized spacial score (nSPS) is 16.0. The number of amides is 1. The number of carbonyl (C=O) groups excluding carboxylic acids is 1. The first-order chi connectivity index (χ1) is 11.2. The van der Waals surface area contributed by atoms with E-state index >= 15 is 0 Å². The zero-order valence-corrected chi connectivity index (χ0v) is 14.6. The van der Waals surface area contributed by atoms with Gasteiger partial charge < -0.3 is 15.0 Å². The van der Waals surface area contributed by atoms with Gasteiger partial charge in [-0.25, -0.2) is 0 Å². The van der Waals surface area contributed by atoms with Crippen LogP contribution in [0.1, 0.15) is 58.3 Å². The molecule has 1 saturated carbocycles. The summed E-state index contributed by atoms with van der Waals surface area (Å²) in [5.74, 6) is -0.288. The lowest BCUT2D eigenvalue weighted by Gasteiger charge is -2.30. The lowest BCUT2D eigenvalue weighted by atomic mass is 9.94. The summed E-state index contributed by atoms with van der Waals surface area (Å²) in [4.78, 5) is 14.1. The van der Waals surface area contributed by atoms with E-state index in [1.807, 2.05) is 18.0 Å². The molecule has 0 aromatic heterocycles. The number of carbonyl (C=O) groups is 1. The Morgan fingerprint density at radius 3 is 2.65 bits per heavy atom. The van der Waals surface area contributed by atoms with Crippen molar-refractivity contribution < 1.29 is 9.53 Å². The van der Waals surface area contributed by atoms with Gasteiger partial charge >= 0.3 is 0 Å². The Labute approximate surface area is 140 Å². The van der Waals surface area contributed by atoms with Crippen molar-refractivity contribution in [3.63, 3.8) is 0 Å². The summed E-state index contributed by atoms with van der Waals surface area (Å²) in [5, 5.41) is 12.0. The number of unbranched alkanes of at least 4 members (excludes halogenated alkanes) is 1. The van der Waals surface area contributed by atoms with Crippen LogP contribution in [0, 0.1) is 11.3 Å². The predicted molar refractivity (Wildman–Crippen MR) is 91.7 cm³/mol. The molecular formula is C18H31N3O2. The van der Waals surface area contributed by atoms with E-state index in [4.69, 9.17) is 4.74 Å². The van der Waals surface area contributed by atoms with E-state index in [0.717, 1.165) is 38.7 Å². The highest BCUT2D eigenvalue weighted by molar-refractivity contribution is 5.97. The highest BCUT2D eigenvalue weighted by Crippen LogP contribution is 2.22. The highest BCUT2D eigenvalue weighted by Gasteiger charge is 2.18. The van der Waals surface area contributed by atoms with Gasteiger partial charge in [-0.15, -0.1) is 0 Å². The fourth-order valence-electron chi connectivity index (χ4n) is 2.76. The second-order valence-corrected chi connectivity index (χ2v) is 6.19. The quantitative estimate of drug-likeness (QED) is 0.382. The molecule has 1 fully saturated rings. The molecule has 1 aliphatic rings. The van der Waals surface area contributed by atoms with E-state index in [9.17, 15) is 10.1 Å². The summed E-state index contributed by atoms with van der Waals surface area (Å²) >= 11 is 0. The molecule has 23 heavy (non-hydrogen) atoms. The van der Waals surface area contributed by atoms with Crippen molar-refractivity contribution in [3.05, 3.63) is 11.8 Å². The highest BCUT2D eigenvalue weighted by atomic mass is 16.5. The molecular weight excluding hydrogens is 290 g/mol. The summed E-state index contributed by atoms with van der Waals surface area (Å²) in [6.45, 7) is 4.09. The fraction of sp³-hybridized carbons (Fsp3) is 0.778. The molecule has 0 saturated heterocycles. The smallest absolute Gasteiger partial charge is 0.263 e. The van der Waals surface area contributed by atoms with Gasteiger partial charge in [-0.1, -0.05) is 32.6 Å². The van der Waals surface area contributed by atoms with Gasteiger partial charge in [-0.05, 0) is 25.7 Å². The molecule has 1 rings (SSSR count). The number of nitriles is 1. The molecule has 1 N–H and O–H groups in total. The Bertz CT molecular complexity index is 409. The first-order valence-corrected chi connectivity index (χ1v) is 8.88. The fourth-order valence-corrected chi connectivity index (χ4v) is 2.76. The van der Waals surface area contributed by atoms with Gasteiger partial charge in [0.1, 0.15) is 11.6 Å². The van der Waals surface area contributed by atoms with Crippen LogP contribution >= 0.6 is 0 Å². The van der Waals surface area contributed by atoms with Crippen molar-refractivity contribution in [2.45, 2.75) is 64.3 Å². The molecule has 0 bridgehead atoms. The predicted octanol–water partition coefficient (Wildman–Crippen LogP) is 2.98. The van der Waals surface area contributed by atoms with E-state index in [1.165, 1.54) is 19.3 Å². The maximum absolute atomic E-state index is 12.1. The second kappa shape index (κ2) is 12.0. The van der Waals surface area contributed by atoms with Gasteiger partial charge in [0.05, 0.1) is 0 Å². The largest absolute Gasteiger partial charge is 0.381 e. The molecule has 0 atom stereocenters. The number of hydrogen-bond acceptors (Lipinski definition) is 4. The van der Waals surface area contributed by atoms with Crippen LogP contribution in [-0.2, 0) is 9.53 Å². The van der Waals surface area contributed by atoms with E-state index in [1.54, 1.807) is 6.20 Å². The van der Waals surface area contributed by atoms with Gasteiger partial charge in [-0.3, -0.25) is 4.79 Å². The zero-order valence-electron chi connectivity index (χ0n) is 14.6. The van der Waals surface area contributed by atoms with Crippen LogP contribution in [0.2, 0.25) is 0 Å². The molecule has 5 heteroatoms. The summed E-state index contributed by atoms with van der Waals surface area (Å²) in [5.41, 5.74) is 0.185. The second-order valence-electron chi connectivity index (χ2n) is 6.19. The van der Waals surface area contributed by atoms with Crippen LogP contribution in [-0.4, -0.2) is 43.7 Å². The van der Waals surface area contributed by atoms with E-state index in [0.29, 0.717) is 19.2 Å². The molecule has 5 nitrogen and oxygen atoms in total. The Kier molecular flexibility index (Phi) is 10.1. The number of ether oxygens (including phenoxy) is 1. The number of hydrogen-bond donors (Lipinski definition) is 1. The lowest BCUT2D eigenvalue weighted by molar-refractivity contribution is -0.117. The number of nitrogens with zero attached hydrogens (tertiary/aromatic N) is 2. The average Bonchev–Trinajstić information content (AvgIpc) is 2.59. The van der Waals surface area contributed by atoms with Crippen molar-refractivity contribution in [1.29, 1.82) is 5.26 Å². The topological polar surface area (TPSA) is 65.4 Å². The molecule has 0 unspecified atom stereocenters. The van der Waals surface area contributed by atoms with Crippen LogP contribution in [0.5, 0.6) is 0 Å². The van der Waals surface area contributed by atoms with Crippen LogP contribution in [0.4, 0.5) is 0 Å². The minimum absolute atomic E-state index is 0.185. The van der Waals surface area contributed by atoms with Crippen molar-refractivity contribution in [2.75, 3.05) is 26.8 Å². The number of nitrogens with one attached hydrogen (secondary N) is 1. The minimum Gasteiger partial charge on any atom is -0.381 e. The standard InChI is InChI=1S/C18H31N3O2/c1-3-4-12-23-13-8-11-20-18(22)16(14-19)15-21(2)17-9-6-5-7-10-17/h15,17H,3-13H2,1-2H3,(H,20,22)/b16-15-. The lowest BCUT2D eigenvalue weighted by Crippen LogP contribution is -2.32. The molecule has 0 aromatic carbocycles. The first kappa shape index (κ1) is 19.5. The third-order valence-corrected chi connectivity index (χ3v) is 4.24. The summed E-state index contributed by atoms with van der Waals surface area (Å²) in [6, 6.07) is 2.47. The van der Waals surface area contributed by atoms with Crippen LogP contribution in [0.25, 0.3) is 0 Å². The molecule has 1 aliphatic carbocycles. The Morgan fingerprint density at radius 2 is 2.00 bits per heavy atom. The molecule has 0 heterocycles. The van der Waals surface area contributed by atoms with Gasteiger partial charge in [0.25, 0.3) is 5.91 Å². The van der Waals surface area contributed by atoms with Crippen LogP contribution in [0.3, 0.4) is 0 Å². The summed E-state index contributed by atoms with van der Waals surface area (Å²) in [6.07, 6.45) is 10.7. The molecule has 0 aliphatic heterocycles. The average molecular weight is 321 g/mol. The zero-order chi connectivity index (χ0) is 16.9. The van der Waals surface area contributed by atoms with Crippen molar-refractivity contribution in [1.82, 2.24) is 10.2 Å². The van der Waals surface area contributed by atoms with E-state index < -0.39 is 0 Å². The van der Waals surface area contributed by atoms with Crippen molar-refractivity contribution in [3.8, 4) is 6.07 Å². The van der Waals surface area contributed by atoms with Gasteiger partial charge in [0, 0.05) is 39.0 Å². The first-order valence-electron chi connectivity index (χ1n) is 8.88. The van der Waals surface area contributed by atoms with Gasteiger partial charge in [-0.2, -0.15) is 5.26 Å². The minimum atomic E-state index is -0.288. The molecule has 0 radical (unpaired) electrons. The van der Waals surface area contributed by atoms with Gasteiger partial charge in [0.2, 0.25) is 0 Å². The monoisotopic (exact) mass is 321 g/mol. The van der Waals surface area contributed by atoms with Crippen LogP contribution in [0.15, 0.2) is 11.8 Å². The Morgan fingerprint density at radius 1 is 1.30 bits per heavy atom. The Balaban J connectivity index is 2.30. The third-order valence-electron chi connectivity index (χ3n) is 4.24. The summed E-state index contributed by atoms with van der Waals surface area (Å²) < 4.78 is 5.45. The number of rotatable bonds is 10. The third kappa shape index (κ3) is 8.03. The Hall–Kier alpha value is -1.54. The molecule has 1 amide bonds. The van der Waals surface area contributed by atoms with Gasteiger partial charge in [0.15, 0.2) is 0 Å². The maximum atomic E-state index is 12.1. The van der Waals surface area contributed by atoms with E-state index in [-0.39, 0.29) is 11.5 Å². The molecule has 0 aromatic rings. The van der Waals surface area contributed by atoms with Crippen LogP contribution < -0.4 is 5.32 Å². The summed E-state index contributed by atoms with van der Waals surface area (Å²) in [7, 11) is 1.96. The van der Waals surface area contributed by atoms with Crippen molar-refractivity contribution in [2.24, 2.45) is 0 Å². The molecule has 0 spiro atoms. The SMILES string of the molecule is CCCCOCCCNC(=O)/C(C#N)=C\N(C)C1CCCCC1.